The van der Waals surface area contributed by atoms with Crippen molar-refractivity contribution in [3.63, 3.8) is 0 Å². The van der Waals surface area contributed by atoms with Crippen LogP contribution in [0, 0.1) is 0 Å². The molecule has 1 aromatic heterocycles. The fraction of sp³-hybridized carbons (Fsp3) is 0.200. The standard InChI is InChI=1S/C25H24N4O6/c1-3-20-18(22(30)28(26-20)16-9-5-14(6-10-16)24(32)33)13-19-21(4-2)27-29(23(19)31)17-11-7-15(8-12-17)25(34)35/h5-13,22,27,30H,3-4H2,1-2H3,(H,32,33)(H,34,35). The van der Waals surface area contributed by atoms with E-state index in [0.717, 1.165) is 0 Å². The molecule has 0 saturated carbocycles. The number of hydrazone groups is 1. The Labute approximate surface area is 200 Å². The molecule has 0 radical (unpaired) electrons. The maximum atomic E-state index is 13.3. The van der Waals surface area contributed by atoms with Crippen molar-refractivity contribution in [2.45, 2.75) is 32.9 Å². The van der Waals surface area contributed by atoms with Gasteiger partial charge in [0.15, 0.2) is 6.23 Å². The molecule has 1 unspecified atom stereocenters. The first-order valence-electron chi connectivity index (χ1n) is 11.0. The zero-order valence-electron chi connectivity index (χ0n) is 19.1. The van der Waals surface area contributed by atoms with Crippen LogP contribution in [0.4, 0.5) is 5.69 Å². The number of hydrogen-bond donors (Lipinski definition) is 4. The third-order valence-corrected chi connectivity index (χ3v) is 5.82. The van der Waals surface area contributed by atoms with Gasteiger partial charge in [-0.1, -0.05) is 13.8 Å². The highest BCUT2D eigenvalue weighted by atomic mass is 16.4. The lowest BCUT2D eigenvalue weighted by molar-refractivity contribution is 0.0686. The normalized spacial score (nSPS) is 16.5. The van der Waals surface area contributed by atoms with Crippen LogP contribution in [0.2, 0.25) is 0 Å². The molecule has 1 aliphatic rings. The second-order valence-electron chi connectivity index (χ2n) is 7.92. The predicted octanol–water partition coefficient (Wildman–Crippen LogP) is 3.11. The van der Waals surface area contributed by atoms with E-state index in [4.69, 9.17) is 10.2 Å². The van der Waals surface area contributed by atoms with Crippen molar-refractivity contribution < 1.29 is 24.9 Å². The molecule has 35 heavy (non-hydrogen) atoms. The molecule has 180 valence electrons. The number of hydrogen-bond acceptors (Lipinski definition) is 6. The van der Waals surface area contributed by atoms with Crippen molar-refractivity contribution >= 4 is 29.4 Å². The number of H-pyrrole nitrogens is 1. The molecule has 3 aromatic rings. The van der Waals surface area contributed by atoms with Gasteiger partial charge in [-0.2, -0.15) is 5.10 Å². The number of carbonyl (C=O) groups is 2. The van der Waals surface area contributed by atoms with Gasteiger partial charge < -0.3 is 15.3 Å². The second-order valence-corrected chi connectivity index (χ2v) is 7.92. The van der Waals surface area contributed by atoms with Gasteiger partial charge in [0.05, 0.1) is 33.8 Å². The number of aliphatic hydroxyl groups is 1. The van der Waals surface area contributed by atoms with Gasteiger partial charge in [0.25, 0.3) is 5.56 Å². The van der Waals surface area contributed by atoms with Crippen LogP contribution in [0.15, 0.2) is 64.0 Å². The fourth-order valence-corrected chi connectivity index (χ4v) is 3.92. The number of aromatic nitrogens is 2. The first kappa shape index (κ1) is 23.7. The SMILES string of the molecule is CCC1=NN(c2ccc(C(=O)O)cc2)C(O)C1=Cc1c(CC)[nH]n(-c2ccc(C(=O)O)cc2)c1=O. The third-order valence-electron chi connectivity index (χ3n) is 5.82. The fourth-order valence-electron chi connectivity index (χ4n) is 3.92. The minimum Gasteiger partial charge on any atom is -0.478 e. The van der Waals surface area contributed by atoms with Crippen molar-refractivity contribution in [1.29, 1.82) is 0 Å². The summed E-state index contributed by atoms with van der Waals surface area (Å²) in [6.45, 7) is 3.78. The van der Waals surface area contributed by atoms with Gasteiger partial charge in [0.1, 0.15) is 0 Å². The largest absolute Gasteiger partial charge is 0.478 e. The molecule has 4 rings (SSSR count). The molecule has 0 spiro atoms. The highest BCUT2D eigenvalue weighted by molar-refractivity contribution is 6.07. The minimum atomic E-state index is -1.16. The van der Waals surface area contributed by atoms with E-state index in [1.165, 1.54) is 34.0 Å². The van der Waals surface area contributed by atoms with Gasteiger partial charge in [-0.15, -0.1) is 0 Å². The van der Waals surface area contributed by atoms with Gasteiger partial charge in [-0.3, -0.25) is 9.89 Å². The number of aliphatic hydroxyl groups excluding tert-OH is 1. The van der Waals surface area contributed by atoms with Gasteiger partial charge in [0.2, 0.25) is 0 Å². The van der Waals surface area contributed by atoms with Crippen LogP contribution >= 0.6 is 0 Å². The Bertz CT molecular complexity index is 1400. The maximum absolute atomic E-state index is 13.3. The van der Waals surface area contributed by atoms with E-state index in [-0.39, 0.29) is 16.7 Å². The molecule has 0 aliphatic carbocycles. The zero-order valence-corrected chi connectivity index (χ0v) is 19.1. The lowest BCUT2D eigenvalue weighted by Crippen LogP contribution is -2.27. The summed E-state index contributed by atoms with van der Waals surface area (Å²) in [7, 11) is 0. The molecule has 0 amide bonds. The summed E-state index contributed by atoms with van der Waals surface area (Å²) >= 11 is 0. The summed E-state index contributed by atoms with van der Waals surface area (Å²) in [6.07, 6.45) is 1.48. The number of anilines is 1. The summed E-state index contributed by atoms with van der Waals surface area (Å²) in [5, 5.41) is 38.2. The first-order chi connectivity index (χ1) is 16.7. The second kappa shape index (κ2) is 9.43. The Hall–Kier alpha value is -4.44. The van der Waals surface area contributed by atoms with Gasteiger partial charge in [-0.05, 0) is 67.4 Å². The third kappa shape index (κ3) is 4.38. The summed E-state index contributed by atoms with van der Waals surface area (Å²) < 4.78 is 1.34. The van der Waals surface area contributed by atoms with Gasteiger partial charge >= 0.3 is 11.9 Å². The molecule has 0 bridgehead atoms. The van der Waals surface area contributed by atoms with Crippen molar-refractivity contribution in [3.05, 3.63) is 86.8 Å². The van der Waals surface area contributed by atoms with Crippen molar-refractivity contribution in [2.75, 3.05) is 5.01 Å². The Kier molecular flexibility index (Phi) is 6.39. The molecular formula is C25H24N4O6. The minimum absolute atomic E-state index is 0.112. The van der Waals surface area contributed by atoms with E-state index in [1.54, 1.807) is 30.3 Å². The Morgan fingerprint density at radius 2 is 1.49 bits per heavy atom. The van der Waals surface area contributed by atoms with E-state index in [2.05, 4.69) is 10.2 Å². The van der Waals surface area contributed by atoms with Gasteiger partial charge in [-0.25, -0.2) is 19.3 Å². The molecule has 0 saturated heterocycles. The van der Waals surface area contributed by atoms with Crippen molar-refractivity contribution in [3.8, 4) is 5.69 Å². The highest BCUT2D eigenvalue weighted by Crippen LogP contribution is 2.29. The van der Waals surface area contributed by atoms with Crippen LogP contribution in [-0.4, -0.2) is 49.0 Å². The van der Waals surface area contributed by atoms with E-state index in [1.807, 2.05) is 13.8 Å². The van der Waals surface area contributed by atoms with Crippen LogP contribution in [0.1, 0.15) is 52.2 Å². The highest BCUT2D eigenvalue weighted by Gasteiger charge is 2.31. The Morgan fingerprint density at radius 1 is 0.943 bits per heavy atom. The molecule has 10 nitrogen and oxygen atoms in total. The van der Waals surface area contributed by atoms with Crippen LogP contribution < -0.4 is 10.6 Å². The summed E-state index contributed by atoms with van der Waals surface area (Å²) in [5.74, 6) is -2.11. The average molecular weight is 476 g/mol. The topological polar surface area (TPSA) is 148 Å². The number of nitrogens with zero attached hydrogens (tertiary/aromatic N) is 3. The summed E-state index contributed by atoms with van der Waals surface area (Å²) in [6, 6.07) is 11.9. The maximum Gasteiger partial charge on any atom is 0.335 e. The van der Waals surface area contributed by atoms with Crippen LogP contribution in [0.3, 0.4) is 0 Å². The van der Waals surface area contributed by atoms with E-state index >= 15 is 0 Å². The molecule has 0 fully saturated rings. The van der Waals surface area contributed by atoms with Crippen LogP contribution in [0.25, 0.3) is 11.8 Å². The lowest BCUT2D eigenvalue weighted by atomic mass is 10.0. The molecule has 1 aliphatic heterocycles. The molecule has 4 N–H and O–H groups in total. The molecule has 2 heterocycles. The van der Waals surface area contributed by atoms with Crippen molar-refractivity contribution in [2.24, 2.45) is 5.10 Å². The number of nitrogens with one attached hydrogen (secondary N) is 1. The Balaban J connectivity index is 1.73. The summed E-state index contributed by atoms with van der Waals surface area (Å²) in [4.78, 5) is 35.6. The van der Waals surface area contributed by atoms with Crippen LogP contribution in [0.5, 0.6) is 0 Å². The van der Waals surface area contributed by atoms with Gasteiger partial charge in [0, 0.05) is 11.3 Å². The van der Waals surface area contributed by atoms with E-state index in [9.17, 15) is 19.5 Å². The monoisotopic (exact) mass is 476 g/mol. The molecule has 10 heteroatoms. The number of carboxylic acid groups (broad SMARTS) is 2. The predicted molar refractivity (Wildman–Crippen MR) is 130 cm³/mol. The number of aryl methyl sites for hydroxylation is 1. The summed E-state index contributed by atoms with van der Waals surface area (Å²) in [5.41, 5.74) is 2.96. The first-order valence-corrected chi connectivity index (χ1v) is 11.0. The number of aromatic carboxylic acids is 2. The lowest BCUT2D eigenvalue weighted by Gasteiger charge is -2.19. The molecular weight excluding hydrogens is 452 g/mol. The van der Waals surface area contributed by atoms with E-state index in [0.29, 0.717) is 46.8 Å². The van der Waals surface area contributed by atoms with Crippen molar-refractivity contribution in [1.82, 2.24) is 9.78 Å². The quantitative estimate of drug-likeness (QED) is 0.409. The molecule has 1 atom stereocenters. The molecule has 2 aromatic carbocycles. The van der Waals surface area contributed by atoms with E-state index < -0.39 is 18.2 Å². The number of benzene rings is 2. The number of carboxylic acids is 2. The average Bonchev–Trinajstić information content (AvgIpc) is 3.35. The zero-order chi connectivity index (χ0) is 25.3. The smallest absolute Gasteiger partial charge is 0.335 e. The Morgan fingerprint density at radius 3 is 1.97 bits per heavy atom. The van der Waals surface area contributed by atoms with Crippen LogP contribution in [-0.2, 0) is 6.42 Å². The number of aromatic amines is 1. The number of rotatable bonds is 7.